The molecule has 29 heavy (non-hydrogen) atoms. The molecule has 3 aromatic rings. The number of carbonyl (C=O) groups excluding carboxylic acids is 2. The first-order valence-corrected chi connectivity index (χ1v) is 10.0. The summed E-state index contributed by atoms with van der Waals surface area (Å²) in [6.45, 7) is 0.696. The summed E-state index contributed by atoms with van der Waals surface area (Å²) >= 11 is 6.26. The zero-order valence-corrected chi connectivity index (χ0v) is 16.7. The minimum Gasteiger partial charge on any atom is -0.324 e. The molecule has 0 bridgehead atoms. The topological polar surface area (TPSA) is 49.4 Å². The molecule has 1 saturated heterocycles. The van der Waals surface area contributed by atoms with Crippen molar-refractivity contribution in [2.24, 2.45) is 0 Å². The Kier molecular flexibility index (Phi) is 5.63. The summed E-state index contributed by atoms with van der Waals surface area (Å²) in [5.41, 5.74) is 4.46. The lowest BCUT2D eigenvalue weighted by molar-refractivity contribution is -0.117. The van der Waals surface area contributed by atoms with Crippen LogP contribution in [0.1, 0.15) is 18.4 Å². The van der Waals surface area contributed by atoms with Gasteiger partial charge in [0.15, 0.2) is 0 Å². The van der Waals surface area contributed by atoms with Crippen LogP contribution in [0.2, 0.25) is 5.02 Å². The first-order chi connectivity index (χ1) is 14.1. The minimum absolute atomic E-state index is 0.100. The molecule has 0 spiro atoms. The Bertz CT molecular complexity index is 1030. The number of amides is 2. The Morgan fingerprint density at radius 2 is 1.69 bits per heavy atom. The van der Waals surface area contributed by atoms with Crippen molar-refractivity contribution in [3.63, 3.8) is 0 Å². The van der Waals surface area contributed by atoms with Crippen LogP contribution in [0.15, 0.2) is 72.8 Å². The molecule has 3 aromatic carbocycles. The molecule has 146 valence electrons. The third kappa shape index (κ3) is 4.49. The normalized spacial score (nSPS) is 13.6. The molecule has 1 aliphatic heterocycles. The van der Waals surface area contributed by atoms with E-state index in [0.717, 1.165) is 28.8 Å². The molecule has 0 unspecified atom stereocenters. The summed E-state index contributed by atoms with van der Waals surface area (Å²) in [5, 5.41) is 3.33. The van der Waals surface area contributed by atoms with Crippen molar-refractivity contribution in [2.75, 3.05) is 16.8 Å². The van der Waals surface area contributed by atoms with Crippen LogP contribution in [-0.4, -0.2) is 18.4 Å². The van der Waals surface area contributed by atoms with Gasteiger partial charge in [0.05, 0.1) is 17.1 Å². The maximum atomic E-state index is 12.5. The average molecular weight is 405 g/mol. The van der Waals surface area contributed by atoms with Crippen LogP contribution in [0.3, 0.4) is 0 Å². The lowest BCUT2D eigenvalue weighted by Gasteiger charge is -2.17. The van der Waals surface area contributed by atoms with Crippen LogP contribution in [0.25, 0.3) is 11.1 Å². The summed E-state index contributed by atoms with van der Waals surface area (Å²) < 4.78 is 0. The fraction of sp³-hybridized carbons (Fsp3) is 0.167. The van der Waals surface area contributed by atoms with Gasteiger partial charge in [-0.15, -0.1) is 0 Å². The average Bonchev–Trinajstić information content (AvgIpc) is 3.17. The molecule has 4 nitrogen and oxygen atoms in total. The Morgan fingerprint density at radius 1 is 0.966 bits per heavy atom. The van der Waals surface area contributed by atoms with Gasteiger partial charge in [-0.2, -0.15) is 0 Å². The Morgan fingerprint density at radius 3 is 2.38 bits per heavy atom. The van der Waals surface area contributed by atoms with E-state index in [4.69, 9.17) is 11.6 Å². The molecule has 1 N–H and O–H groups in total. The molecule has 0 aromatic heterocycles. The molecule has 0 saturated carbocycles. The second-order valence-electron chi connectivity index (χ2n) is 7.10. The number of carbonyl (C=O) groups is 2. The van der Waals surface area contributed by atoms with Gasteiger partial charge < -0.3 is 10.2 Å². The van der Waals surface area contributed by atoms with Crippen LogP contribution >= 0.6 is 11.6 Å². The van der Waals surface area contributed by atoms with Gasteiger partial charge >= 0.3 is 0 Å². The van der Waals surface area contributed by atoms with E-state index in [2.05, 4.69) is 17.4 Å². The first-order valence-electron chi connectivity index (χ1n) is 9.64. The Labute approximate surface area is 175 Å². The molecule has 0 radical (unpaired) electrons. The number of halogens is 1. The van der Waals surface area contributed by atoms with E-state index in [1.165, 1.54) is 0 Å². The lowest BCUT2D eigenvalue weighted by atomic mass is 10.0. The van der Waals surface area contributed by atoms with Crippen molar-refractivity contribution in [2.45, 2.75) is 19.3 Å². The van der Waals surface area contributed by atoms with E-state index in [1.54, 1.807) is 17.0 Å². The zero-order chi connectivity index (χ0) is 20.2. The largest absolute Gasteiger partial charge is 0.324 e. The summed E-state index contributed by atoms with van der Waals surface area (Å²) in [4.78, 5) is 26.2. The van der Waals surface area contributed by atoms with Gasteiger partial charge in [0.25, 0.3) is 0 Å². The highest BCUT2D eigenvalue weighted by Gasteiger charge is 2.22. The van der Waals surface area contributed by atoms with Gasteiger partial charge in [0, 0.05) is 18.7 Å². The molecule has 1 aliphatic rings. The fourth-order valence-corrected chi connectivity index (χ4v) is 3.69. The standard InChI is InChI=1S/C24H21ClN2O2/c25-21-13-12-20(27-14-4-7-24(27)29)16-22(21)26-23(28)15-17-8-10-19(11-9-17)18-5-2-1-3-6-18/h1-3,5-6,8-13,16H,4,7,14-15H2,(H,26,28). The van der Waals surface area contributed by atoms with Crippen molar-refractivity contribution in [1.29, 1.82) is 0 Å². The van der Waals surface area contributed by atoms with E-state index in [-0.39, 0.29) is 18.2 Å². The number of anilines is 2. The van der Waals surface area contributed by atoms with Crippen molar-refractivity contribution in [1.82, 2.24) is 0 Å². The molecule has 1 heterocycles. The van der Waals surface area contributed by atoms with Crippen LogP contribution in [0, 0.1) is 0 Å². The van der Waals surface area contributed by atoms with Gasteiger partial charge in [-0.1, -0.05) is 66.2 Å². The van der Waals surface area contributed by atoms with Crippen molar-refractivity contribution in [3.8, 4) is 11.1 Å². The van der Waals surface area contributed by atoms with Crippen LogP contribution < -0.4 is 10.2 Å². The number of hydrogen-bond acceptors (Lipinski definition) is 2. The highest BCUT2D eigenvalue weighted by molar-refractivity contribution is 6.33. The highest BCUT2D eigenvalue weighted by atomic mass is 35.5. The maximum absolute atomic E-state index is 12.5. The summed E-state index contributed by atoms with van der Waals surface area (Å²) in [6.07, 6.45) is 1.66. The van der Waals surface area contributed by atoms with E-state index >= 15 is 0 Å². The monoisotopic (exact) mass is 404 g/mol. The molecule has 5 heteroatoms. The van der Waals surface area contributed by atoms with Crippen molar-refractivity contribution in [3.05, 3.63) is 83.4 Å². The third-order valence-corrected chi connectivity index (χ3v) is 5.36. The molecule has 1 fully saturated rings. The SMILES string of the molecule is O=C(Cc1ccc(-c2ccccc2)cc1)Nc1cc(N2CCCC2=O)ccc1Cl. The van der Waals surface area contributed by atoms with Gasteiger partial charge in [0.1, 0.15) is 0 Å². The smallest absolute Gasteiger partial charge is 0.228 e. The molecular weight excluding hydrogens is 384 g/mol. The maximum Gasteiger partial charge on any atom is 0.228 e. The lowest BCUT2D eigenvalue weighted by Crippen LogP contribution is -2.24. The number of rotatable bonds is 5. The molecular formula is C24H21ClN2O2. The summed E-state index contributed by atoms with van der Waals surface area (Å²) in [5.74, 6) is -0.0487. The number of nitrogens with one attached hydrogen (secondary N) is 1. The van der Waals surface area contributed by atoms with Gasteiger partial charge in [-0.25, -0.2) is 0 Å². The fourth-order valence-electron chi connectivity index (χ4n) is 3.52. The Hall–Kier alpha value is -3.11. The first kappa shape index (κ1) is 19.2. The van der Waals surface area contributed by atoms with E-state index in [0.29, 0.717) is 23.7 Å². The van der Waals surface area contributed by atoms with E-state index in [9.17, 15) is 9.59 Å². The van der Waals surface area contributed by atoms with Crippen LogP contribution in [0.4, 0.5) is 11.4 Å². The molecule has 0 aliphatic carbocycles. The van der Waals surface area contributed by atoms with Gasteiger partial charge in [-0.05, 0) is 41.3 Å². The van der Waals surface area contributed by atoms with Gasteiger partial charge in [-0.3, -0.25) is 9.59 Å². The van der Waals surface area contributed by atoms with Crippen LogP contribution in [-0.2, 0) is 16.0 Å². The molecule has 2 amide bonds. The van der Waals surface area contributed by atoms with E-state index in [1.807, 2.05) is 48.5 Å². The predicted octanol–water partition coefficient (Wildman–Crippen LogP) is 5.32. The van der Waals surface area contributed by atoms with Crippen LogP contribution in [0.5, 0.6) is 0 Å². The molecule has 0 atom stereocenters. The number of benzene rings is 3. The van der Waals surface area contributed by atoms with Gasteiger partial charge in [0.2, 0.25) is 11.8 Å². The number of hydrogen-bond donors (Lipinski definition) is 1. The number of nitrogens with zero attached hydrogens (tertiary/aromatic N) is 1. The third-order valence-electron chi connectivity index (χ3n) is 5.03. The summed E-state index contributed by atoms with van der Waals surface area (Å²) in [7, 11) is 0. The molecule has 4 rings (SSSR count). The van der Waals surface area contributed by atoms with Crippen molar-refractivity contribution >= 4 is 34.8 Å². The predicted molar refractivity (Wildman–Crippen MR) is 117 cm³/mol. The summed E-state index contributed by atoms with van der Waals surface area (Å²) in [6, 6.07) is 23.4. The Balaban J connectivity index is 1.44. The quantitative estimate of drug-likeness (QED) is 0.626. The zero-order valence-electron chi connectivity index (χ0n) is 15.9. The second-order valence-corrected chi connectivity index (χ2v) is 7.51. The van der Waals surface area contributed by atoms with E-state index < -0.39 is 0 Å². The second kappa shape index (κ2) is 8.50. The van der Waals surface area contributed by atoms with Crippen molar-refractivity contribution < 1.29 is 9.59 Å². The highest BCUT2D eigenvalue weighted by Crippen LogP contribution is 2.30. The minimum atomic E-state index is -0.149.